The van der Waals surface area contributed by atoms with Crippen molar-refractivity contribution in [2.75, 3.05) is 19.6 Å². The minimum absolute atomic E-state index is 0.105. The lowest BCUT2D eigenvalue weighted by Gasteiger charge is -2.17. The smallest absolute Gasteiger partial charge is 0.321 e. The molecule has 1 saturated carbocycles. The molecule has 0 unspecified atom stereocenters. The zero-order valence-corrected chi connectivity index (χ0v) is 10.2. The number of carbonyl (C=O) groups is 4. The molecule has 0 aromatic heterocycles. The van der Waals surface area contributed by atoms with Crippen molar-refractivity contribution in [3.63, 3.8) is 0 Å². The van der Waals surface area contributed by atoms with Crippen LogP contribution in [0.3, 0.4) is 0 Å². The van der Waals surface area contributed by atoms with Crippen LogP contribution in [0.1, 0.15) is 12.8 Å². The number of nitrogens with one attached hydrogen (secondary N) is 2. The number of carbonyl (C=O) groups excluding carboxylic acids is 3. The van der Waals surface area contributed by atoms with E-state index in [1.165, 1.54) is 0 Å². The lowest BCUT2D eigenvalue weighted by molar-refractivity contribution is -0.139. The van der Waals surface area contributed by atoms with E-state index in [0.717, 1.165) is 17.7 Å². The minimum atomic E-state index is -1.20. The molecule has 0 bridgehead atoms. The number of hydrogen-bond donors (Lipinski definition) is 4. The monoisotopic (exact) mass is 272 g/mol. The number of nitrogens with zero attached hydrogens (tertiary/aromatic N) is 1. The highest BCUT2D eigenvalue weighted by molar-refractivity contribution is 5.95. The van der Waals surface area contributed by atoms with E-state index in [-0.39, 0.29) is 12.6 Å². The number of carboxylic acids is 1. The highest BCUT2D eigenvalue weighted by atomic mass is 16.4. The number of primary amides is 1. The fourth-order valence-corrected chi connectivity index (χ4v) is 1.40. The highest BCUT2D eigenvalue weighted by Crippen LogP contribution is 2.18. The maximum Gasteiger partial charge on any atom is 0.321 e. The third-order valence-corrected chi connectivity index (χ3v) is 2.27. The molecule has 19 heavy (non-hydrogen) atoms. The van der Waals surface area contributed by atoms with Gasteiger partial charge in [0.1, 0.15) is 0 Å². The van der Waals surface area contributed by atoms with Crippen LogP contribution >= 0.6 is 0 Å². The van der Waals surface area contributed by atoms with Gasteiger partial charge >= 0.3 is 12.0 Å². The van der Waals surface area contributed by atoms with Gasteiger partial charge in [-0.3, -0.25) is 24.6 Å². The molecule has 106 valence electrons. The number of imide groups is 1. The second-order valence-electron chi connectivity index (χ2n) is 4.30. The van der Waals surface area contributed by atoms with E-state index >= 15 is 0 Å². The molecule has 1 fully saturated rings. The second-order valence-corrected chi connectivity index (χ2v) is 4.30. The molecular formula is C10H16N4O5. The van der Waals surface area contributed by atoms with Crippen molar-refractivity contribution in [3.05, 3.63) is 0 Å². The van der Waals surface area contributed by atoms with E-state index in [1.807, 2.05) is 0 Å². The van der Waals surface area contributed by atoms with Crippen LogP contribution in [0.5, 0.6) is 0 Å². The molecule has 1 rings (SSSR count). The Labute approximate surface area is 109 Å². The SMILES string of the molecule is NC(=O)CN(CC(=O)O)CC(=O)NC(=O)NC1CC1. The van der Waals surface area contributed by atoms with Crippen molar-refractivity contribution in [2.45, 2.75) is 18.9 Å². The zero-order chi connectivity index (χ0) is 14.4. The highest BCUT2D eigenvalue weighted by Gasteiger charge is 2.24. The average molecular weight is 272 g/mol. The molecule has 0 heterocycles. The minimum Gasteiger partial charge on any atom is -0.480 e. The first-order valence-corrected chi connectivity index (χ1v) is 5.69. The predicted octanol–water partition coefficient (Wildman–Crippen LogP) is -2.15. The van der Waals surface area contributed by atoms with Crippen molar-refractivity contribution in [2.24, 2.45) is 5.73 Å². The molecule has 9 heteroatoms. The lowest BCUT2D eigenvalue weighted by atomic mass is 10.4. The van der Waals surface area contributed by atoms with Gasteiger partial charge in [0.2, 0.25) is 11.8 Å². The third-order valence-electron chi connectivity index (χ3n) is 2.27. The van der Waals surface area contributed by atoms with Crippen molar-refractivity contribution >= 4 is 23.8 Å². The van der Waals surface area contributed by atoms with Gasteiger partial charge in [-0.1, -0.05) is 0 Å². The largest absolute Gasteiger partial charge is 0.480 e. The molecule has 0 atom stereocenters. The molecule has 1 aliphatic carbocycles. The first kappa shape index (κ1) is 14.9. The maximum atomic E-state index is 11.5. The summed E-state index contributed by atoms with van der Waals surface area (Å²) in [5, 5.41) is 13.2. The Morgan fingerprint density at radius 2 is 1.79 bits per heavy atom. The van der Waals surface area contributed by atoms with Gasteiger partial charge in [0, 0.05) is 6.04 Å². The number of carboxylic acid groups (broad SMARTS) is 1. The summed E-state index contributed by atoms with van der Waals surface area (Å²) < 4.78 is 0. The quantitative estimate of drug-likeness (QED) is 0.416. The van der Waals surface area contributed by atoms with Crippen LogP contribution in [0.15, 0.2) is 0 Å². The number of hydrogen-bond acceptors (Lipinski definition) is 5. The van der Waals surface area contributed by atoms with E-state index in [9.17, 15) is 19.2 Å². The van der Waals surface area contributed by atoms with E-state index in [2.05, 4.69) is 10.6 Å². The Bertz CT molecular complexity index is 377. The summed E-state index contributed by atoms with van der Waals surface area (Å²) in [7, 11) is 0. The third kappa shape index (κ3) is 6.99. The molecule has 0 spiro atoms. The Morgan fingerprint density at radius 3 is 2.26 bits per heavy atom. The molecule has 0 saturated heterocycles. The van der Waals surface area contributed by atoms with Gasteiger partial charge in [-0.15, -0.1) is 0 Å². The summed E-state index contributed by atoms with van der Waals surface area (Å²) in [6.07, 6.45) is 1.77. The zero-order valence-electron chi connectivity index (χ0n) is 10.2. The Balaban J connectivity index is 2.37. The molecule has 1 aliphatic rings. The fraction of sp³-hybridized carbons (Fsp3) is 0.600. The number of urea groups is 1. The molecule has 0 aromatic rings. The Morgan fingerprint density at radius 1 is 1.16 bits per heavy atom. The van der Waals surface area contributed by atoms with Crippen LogP contribution in [0.4, 0.5) is 4.79 Å². The molecular weight excluding hydrogens is 256 g/mol. The van der Waals surface area contributed by atoms with Crippen molar-refractivity contribution < 1.29 is 24.3 Å². The van der Waals surface area contributed by atoms with Crippen LogP contribution in [0.25, 0.3) is 0 Å². The molecule has 0 aliphatic heterocycles. The first-order chi connectivity index (χ1) is 8.86. The van der Waals surface area contributed by atoms with Gasteiger partial charge in [-0.25, -0.2) is 4.79 Å². The number of rotatable bonds is 7. The topological polar surface area (TPSA) is 142 Å². The Hall–Kier alpha value is -2.16. The standard InChI is InChI=1S/C10H16N4O5/c11-7(15)3-14(5-9(17)18)4-8(16)13-10(19)12-6-1-2-6/h6H,1-5H2,(H2,11,15)(H,17,18)(H2,12,13,16,19). The van der Waals surface area contributed by atoms with Crippen molar-refractivity contribution in [1.82, 2.24) is 15.5 Å². The summed E-state index contributed by atoms with van der Waals surface area (Å²) >= 11 is 0. The second kappa shape index (κ2) is 6.69. The summed E-state index contributed by atoms with van der Waals surface area (Å²) in [4.78, 5) is 45.0. The summed E-state index contributed by atoms with van der Waals surface area (Å²) in [6.45, 7) is -1.28. The van der Waals surface area contributed by atoms with Crippen LogP contribution in [-0.2, 0) is 14.4 Å². The fourth-order valence-electron chi connectivity index (χ4n) is 1.40. The molecule has 0 radical (unpaired) electrons. The summed E-state index contributed by atoms with van der Waals surface area (Å²) in [5.74, 6) is -2.64. The van der Waals surface area contributed by atoms with Gasteiger partial charge in [0.05, 0.1) is 19.6 Å². The summed E-state index contributed by atoms with van der Waals surface area (Å²) in [5.41, 5.74) is 4.94. The number of nitrogens with two attached hydrogens (primary N) is 1. The van der Waals surface area contributed by atoms with Crippen LogP contribution in [-0.4, -0.2) is 59.5 Å². The van der Waals surface area contributed by atoms with E-state index in [1.54, 1.807) is 0 Å². The molecule has 0 aromatic carbocycles. The number of aliphatic carboxylic acids is 1. The first-order valence-electron chi connectivity index (χ1n) is 5.69. The lowest BCUT2D eigenvalue weighted by Crippen LogP contribution is -2.47. The van der Waals surface area contributed by atoms with E-state index in [0.29, 0.717) is 0 Å². The van der Waals surface area contributed by atoms with Crippen LogP contribution in [0.2, 0.25) is 0 Å². The summed E-state index contributed by atoms with van der Waals surface area (Å²) in [6, 6.07) is -0.518. The molecule has 5 N–H and O–H groups in total. The molecule has 9 nitrogen and oxygen atoms in total. The van der Waals surface area contributed by atoms with Crippen LogP contribution in [0, 0.1) is 0 Å². The van der Waals surface area contributed by atoms with Gasteiger partial charge in [-0.2, -0.15) is 0 Å². The van der Waals surface area contributed by atoms with Crippen molar-refractivity contribution in [3.8, 4) is 0 Å². The maximum absolute atomic E-state index is 11.5. The van der Waals surface area contributed by atoms with Crippen molar-refractivity contribution in [1.29, 1.82) is 0 Å². The van der Waals surface area contributed by atoms with Gasteiger partial charge in [0.15, 0.2) is 0 Å². The average Bonchev–Trinajstić information content (AvgIpc) is 2.97. The number of amides is 4. The molecule has 4 amide bonds. The normalized spacial score (nSPS) is 13.9. The van der Waals surface area contributed by atoms with Crippen LogP contribution < -0.4 is 16.4 Å². The van der Waals surface area contributed by atoms with E-state index < -0.39 is 36.9 Å². The van der Waals surface area contributed by atoms with Gasteiger partial charge in [-0.05, 0) is 12.8 Å². The predicted molar refractivity (Wildman–Crippen MR) is 63.0 cm³/mol. The Kier molecular flexibility index (Phi) is 5.24. The van der Waals surface area contributed by atoms with Gasteiger partial charge in [0.25, 0.3) is 0 Å². The van der Waals surface area contributed by atoms with Gasteiger partial charge < -0.3 is 16.2 Å². The van der Waals surface area contributed by atoms with E-state index in [4.69, 9.17) is 10.8 Å².